The van der Waals surface area contributed by atoms with Crippen molar-refractivity contribution in [2.45, 2.75) is 0 Å². The number of hydrogen-bond acceptors (Lipinski definition) is 2. The fraction of sp³-hybridized carbons (Fsp3) is 0. The Hall–Kier alpha value is -1.72. The standard InChI is InChI=1S/C12H9BF2O2/c14-9-5-8(6-10(15)7-9)11-3-1-2-4-12(11)13(16)17/h1-7,16-17H. The molecule has 0 aliphatic heterocycles. The van der Waals surface area contributed by atoms with Crippen molar-refractivity contribution in [3.8, 4) is 11.1 Å². The first-order valence-electron chi connectivity index (χ1n) is 4.99. The van der Waals surface area contributed by atoms with Crippen LogP contribution in [0.1, 0.15) is 0 Å². The quantitative estimate of drug-likeness (QED) is 0.769. The SMILES string of the molecule is OB(O)c1ccccc1-c1cc(F)cc(F)c1. The van der Waals surface area contributed by atoms with Crippen LogP contribution in [0.3, 0.4) is 0 Å². The largest absolute Gasteiger partial charge is 0.489 e. The summed E-state index contributed by atoms with van der Waals surface area (Å²) in [5, 5.41) is 18.3. The van der Waals surface area contributed by atoms with Gasteiger partial charge in [-0.1, -0.05) is 24.3 Å². The summed E-state index contributed by atoms with van der Waals surface area (Å²) in [5.74, 6) is -1.41. The Morgan fingerprint density at radius 1 is 0.882 bits per heavy atom. The van der Waals surface area contributed by atoms with Crippen LogP contribution in [0.2, 0.25) is 0 Å². The molecule has 0 fully saturated rings. The molecular weight excluding hydrogens is 225 g/mol. The number of hydrogen-bond donors (Lipinski definition) is 2. The molecule has 2 nitrogen and oxygen atoms in total. The minimum absolute atomic E-state index is 0.206. The van der Waals surface area contributed by atoms with Crippen LogP contribution >= 0.6 is 0 Å². The number of benzene rings is 2. The molecule has 0 aliphatic rings. The van der Waals surface area contributed by atoms with Crippen molar-refractivity contribution < 1.29 is 18.8 Å². The lowest BCUT2D eigenvalue weighted by molar-refractivity contribution is 0.426. The highest BCUT2D eigenvalue weighted by Crippen LogP contribution is 2.20. The maximum Gasteiger partial charge on any atom is 0.489 e. The highest BCUT2D eigenvalue weighted by molar-refractivity contribution is 6.60. The van der Waals surface area contributed by atoms with E-state index in [0.29, 0.717) is 5.56 Å². The molecule has 2 aromatic rings. The molecule has 0 amide bonds. The monoisotopic (exact) mass is 234 g/mol. The van der Waals surface area contributed by atoms with Crippen molar-refractivity contribution >= 4 is 12.6 Å². The van der Waals surface area contributed by atoms with E-state index in [4.69, 9.17) is 0 Å². The molecule has 0 heterocycles. The summed E-state index contributed by atoms with van der Waals surface area (Å²) < 4.78 is 26.2. The first-order valence-corrected chi connectivity index (χ1v) is 4.99. The Bertz CT molecular complexity index is 524. The van der Waals surface area contributed by atoms with Crippen molar-refractivity contribution in [2.24, 2.45) is 0 Å². The summed E-state index contributed by atoms with van der Waals surface area (Å²) in [6, 6.07) is 9.39. The molecule has 2 rings (SSSR count). The van der Waals surface area contributed by atoms with E-state index < -0.39 is 18.8 Å². The highest BCUT2D eigenvalue weighted by atomic mass is 19.1. The maximum atomic E-state index is 13.1. The van der Waals surface area contributed by atoms with Crippen molar-refractivity contribution in [3.63, 3.8) is 0 Å². The fourth-order valence-electron chi connectivity index (χ4n) is 1.69. The lowest BCUT2D eigenvalue weighted by Gasteiger charge is -2.09. The Labute approximate surface area is 97.3 Å². The van der Waals surface area contributed by atoms with E-state index in [-0.39, 0.29) is 11.0 Å². The van der Waals surface area contributed by atoms with Gasteiger partial charge < -0.3 is 10.0 Å². The van der Waals surface area contributed by atoms with Crippen LogP contribution in [0.4, 0.5) is 8.78 Å². The molecule has 5 heteroatoms. The van der Waals surface area contributed by atoms with Gasteiger partial charge in [-0.05, 0) is 28.7 Å². The molecule has 0 atom stereocenters. The van der Waals surface area contributed by atoms with Gasteiger partial charge in [0.05, 0.1) is 0 Å². The van der Waals surface area contributed by atoms with Crippen molar-refractivity contribution in [1.29, 1.82) is 0 Å². The van der Waals surface area contributed by atoms with E-state index in [1.54, 1.807) is 18.2 Å². The Balaban J connectivity index is 2.60. The molecule has 0 aliphatic carbocycles. The third-order valence-corrected chi connectivity index (χ3v) is 2.41. The summed E-state index contributed by atoms with van der Waals surface area (Å²) in [6.45, 7) is 0. The lowest BCUT2D eigenvalue weighted by Crippen LogP contribution is -2.31. The zero-order valence-electron chi connectivity index (χ0n) is 8.77. The Morgan fingerprint density at radius 3 is 2.06 bits per heavy atom. The van der Waals surface area contributed by atoms with Crippen LogP contribution in [-0.4, -0.2) is 17.2 Å². The second-order valence-electron chi connectivity index (χ2n) is 3.62. The molecular formula is C12H9BF2O2. The molecule has 2 aromatic carbocycles. The van der Waals surface area contributed by atoms with Gasteiger partial charge >= 0.3 is 7.12 Å². The van der Waals surface area contributed by atoms with Crippen LogP contribution in [0.25, 0.3) is 11.1 Å². The van der Waals surface area contributed by atoms with E-state index in [0.717, 1.165) is 18.2 Å². The van der Waals surface area contributed by atoms with Gasteiger partial charge in [0.2, 0.25) is 0 Å². The third kappa shape index (κ3) is 2.51. The third-order valence-electron chi connectivity index (χ3n) is 2.41. The molecule has 0 spiro atoms. The van der Waals surface area contributed by atoms with Gasteiger partial charge in [-0.25, -0.2) is 8.78 Å². The summed E-state index contributed by atoms with van der Waals surface area (Å²) >= 11 is 0. The highest BCUT2D eigenvalue weighted by Gasteiger charge is 2.16. The zero-order valence-corrected chi connectivity index (χ0v) is 8.77. The number of halogens is 2. The van der Waals surface area contributed by atoms with Gasteiger partial charge in [-0.2, -0.15) is 0 Å². The molecule has 0 aromatic heterocycles. The molecule has 2 N–H and O–H groups in total. The molecule has 0 saturated heterocycles. The summed E-state index contributed by atoms with van der Waals surface area (Å²) in [6.07, 6.45) is 0. The van der Waals surface area contributed by atoms with E-state index in [1.807, 2.05) is 0 Å². The average molecular weight is 234 g/mol. The predicted octanol–water partition coefficient (Wildman–Crippen LogP) is 1.31. The molecule has 17 heavy (non-hydrogen) atoms. The molecule has 0 radical (unpaired) electrons. The van der Waals surface area contributed by atoms with Gasteiger partial charge in [0, 0.05) is 6.07 Å². The van der Waals surface area contributed by atoms with E-state index >= 15 is 0 Å². The molecule has 86 valence electrons. The molecule has 0 unspecified atom stereocenters. The second kappa shape index (κ2) is 4.65. The van der Waals surface area contributed by atoms with E-state index in [2.05, 4.69) is 0 Å². The first kappa shape index (κ1) is 11.8. The van der Waals surface area contributed by atoms with Crippen molar-refractivity contribution in [1.82, 2.24) is 0 Å². The lowest BCUT2D eigenvalue weighted by atomic mass is 9.75. The van der Waals surface area contributed by atoms with Gasteiger partial charge in [-0.15, -0.1) is 0 Å². The fourth-order valence-corrected chi connectivity index (χ4v) is 1.69. The van der Waals surface area contributed by atoms with Gasteiger partial charge in [-0.3, -0.25) is 0 Å². The van der Waals surface area contributed by atoms with E-state index in [9.17, 15) is 18.8 Å². The summed E-state index contributed by atoms with van der Waals surface area (Å²) in [5.41, 5.74) is 0.865. The predicted molar refractivity (Wildman–Crippen MR) is 61.6 cm³/mol. The Morgan fingerprint density at radius 2 is 1.47 bits per heavy atom. The average Bonchev–Trinajstić information content (AvgIpc) is 2.27. The van der Waals surface area contributed by atoms with Gasteiger partial charge in [0.15, 0.2) is 0 Å². The maximum absolute atomic E-state index is 13.1. The van der Waals surface area contributed by atoms with E-state index in [1.165, 1.54) is 6.07 Å². The second-order valence-corrected chi connectivity index (χ2v) is 3.62. The van der Waals surface area contributed by atoms with Crippen LogP contribution < -0.4 is 5.46 Å². The minimum Gasteiger partial charge on any atom is -0.423 e. The summed E-state index contributed by atoms with van der Waals surface area (Å²) in [7, 11) is -1.68. The summed E-state index contributed by atoms with van der Waals surface area (Å²) in [4.78, 5) is 0. The van der Waals surface area contributed by atoms with Gasteiger partial charge in [0.1, 0.15) is 11.6 Å². The van der Waals surface area contributed by atoms with Crippen LogP contribution in [-0.2, 0) is 0 Å². The van der Waals surface area contributed by atoms with Crippen molar-refractivity contribution in [2.75, 3.05) is 0 Å². The number of rotatable bonds is 2. The van der Waals surface area contributed by atoms with Gasteiger partial charge in [0.25, 0.3) is 0 Å². The topological polar surface area (TPSA) is 40.5 Å². The van der Waals surface area contributed by atoms with Crippen molar-refractivity contribution in [3.05, 3.63) is 54.1 Å². The normalized spacial score (nSPS) is 10.4. The van der Waals surface area contributed by atoms with Crippen LogP contribution in [0, 0.1) is 11.6 Å². The Kier molecular flexibility index (Phi) is 3.22. The molecule has 0 bridgehead atoms. The first-order chi connectivity index (χ1) is 8.08. The smallest absolute Gasteiger partial charge is 0.423 e. The van der Waals surface area contributed by atoms with Crippen LogP contribution in [0.15, 0.2) is 42.5 Å². The molecule has 0 saturated carbocycles. The van der Waals surface area contributed by atoms with Crippen LogP contribution in [0.5, 0.6) is 0 Å². The minimum atomic E-state index is -1.68. The zero-order chi connectivity index (χ0) is 12.4.